The van der Waals surface area contributed by atoms with Crippen molar-refractivity contribution in [2.75, 3.05) is 26.7 Å². The molecule has 0 saturated heterocycles. The van der Waals surface area contributed by atoms with E-state index in [1.54, 1.807) is 30.6 Å². The molecule has 0 fully saturated rings. The first kappa shape index (κ1) is 105. The maximum Gasteiger partial charge on any atom is 2.00 e. The smallest absolute Gasteiger partial charge is 0.574 e. The van der Waals surface area contributed by atoms with Gasteiger partial charge < -0.3 is 45.3 Å². The Morgan fingerprint density at radius 2 is 0.692 bits per heavy atom. The van der Waals surface area contributed by atoms with E-state index in [-0.39, 0.29) is 142 Å². The standard InChI is InChI=1S/2C13H12N.2C12H10N.C11H8N.C9H5F3N3.C9H8N3.2C8H11P.5Ir.Os/c1-10-8-11(2)13(14-9-10)12-6-4-3-5-7-12;1-10-8-9-14-13(11(10)2)12-6-4-3-5-7-12;1-10-6-5-9-13-12(10)11-7-3-2-4-8-11;1-10-7-8-13-12(9-10)11-5-3-2-4-6-11;1-2-6-10(7-3-1)11-8-4-5-9-12-11;10-9(11,12)8-5-7(14-15-8)6-3-1-2-4-13-6;1-7-6-9(12-11-7)8-4-2-3-5-10-8;2*1-9(2)8-6-4-3-5-7-8;;;;;;/h2*3-6,8-9H,1-2H3;2-7,9H,1H3;2-5,7-9H,1H3;1-6,8-9H;1-5H;2-6H,1H3;2*3-7H,1-2H3;;;;;;/q7*-1;;;;;;;;+2/p+2. The third kappa shape index (κ3) is 37.2. The molecule has 0 aliphatic rings. The van der Waals surface area contributed by atoms with Crippen LogP contribution in [0.4, 0.5) is 13.2 Å². The van der Waals surface area contributed by atoms with Crippen LogP contribution in [-0.4, -0.2) is 71.7 Å². The van der Waals surface area contributed by atoms with Gasteiger partial charge in [-0.2, -0.15) is 13.2 Å². The fraction of sp³-hybridized carbons (Fsp3) is 0.126. The molecule has 0 amide bonds. The first-order valence-electron chi connectivity index (χ1n) is 35.9. The Morgan fingerprint density at radius 1 is 0.308 bits per heavy atom. The monoisotopic (exact) mass is 2660 g/mol. The molecule has 16 aromatic rings. The molecular formula is C95H89F3Ir5N11OsP2-3. The molecule has 611 valence electrons. The molecule has 0 bridgehead atoms. The minimum atomic E-state index is -4.46. The molecule has 7 aromatic carbocycles. The van der Waals surface area contributed by atoms with E-state index >= 15 is 0 Å². The molecule has 117 heavy (non-hydrogen) atoms. The van der Waals surface area contributed by atoms with Gasteiger partial charge in [0.1, 0.15) is 5.69 Å². The van der Waals surface area contributed by atoms with Crippen molar-refractivity contribution in [3.8, 4) is 79.1 Å². The molecule has 0 atom stereocenters. The van der Waals surface area contributed by atoms with Gasteiger partial charge in [0.2, 0.25) is 0 Å². The van der Waals surface area contributed by atoms with E-state index in [1.165, 1.54) is 50.2 Å². The van der Waals surface area contributed by atoms with Gasteiger partial charge in [-0.1, -0.05) is 124 Å². The van der Waals surface area contributed by atoms with Crippen molar-refractivity contribution in [3.05, 3.63) is 404 Å². The maximum atomic E-state index is 12.2. The molecule has 0 aliphatic carbocycles. The summed E-state index contributed by atoms with van der Waals surface area (Å²) in [6.45, 7) is 23.6. The summed E-state index contributed by atoms with van der Waals surface area (Å²) in [5.41, 5.74) is 19.8. The first-order valence-corrected chi connectivity index (χ1v) is 40.9. The van der Waals surface area contributed by atoms with Gasteiger partial charge in [-0.25, -0.2) is 0 Å². The Labute approximate surface area is 771 Å². The van der Waals surface area contributed by atoms with Crippen LogP contribution in [0.5, 0.6) is 0 Å². The van der Waals surface area contributed by atoms with E-state index in [9.17, 15) is 13.2 Å². The number of halogens is 3. The van der Waals surface area contributed by atoms with Crippen LogP contribution in [-0.2, 0) is 126 Å². The SMILES string of the molecule is C[PH+](C)c1ccccc1.C[PH+](C)c1ccccc1.Cc1cc(-c2ccccn2)[n-]n1.Cc1cccnc1-c1[c-]cccc1.Cc1ccnc(-c2[c-]cccc2)c1.Cc1ccnc(-c2[c-]cccc2)c1C.Cc1cnc(-c2[c-]cccc2)c(C)c1.FC(F)(F)c1cc(-c2ccccn2)[n-]n1.[Ir].[Ir].[Ir].[Ir].[Ir].[Os+2].[c-]1ccccc1-c1ccccn1. The Balaban J connectivity index is 0.000000445. The second-order valence-electron chi connectivity index (χ2n) is 25.4. The zero-order chi connectivity index (χ0) is 79.0. The minimum Gasteiger partial charge on any atom is -0.574 e. The number of hydrogen-bond donors (Lipinski definition) is 0. The molecule has 0 saturated carbocycles. The number of alkyl halides is 3. The molecule has 16 rings (SSSR count). The van der Waals surface area contributed by atoms with E-state index in [0.717, 1.165) is 79.4 Å². The fourth-order valence-corrected chi connectivity index (χ4v) is 12.0. The van der Waals surface area contributed by atoms with Gasteiger partial charge in [0.15, 0.2) is 0 Å². The average Bonchev–Trinajstić information content (AvgIpc) is 1.82. The Bertz CT molecular complexity index is 5180. The predicted molar refractivity (Wildman–Crippen MR) is 455 cm³/mol. The van der Waals surface area contributed by atoms with E-state index < -0.39 is 11.9 Å². The number of aromatic nitrogens is 11. The summed E-state index contributed by atoms with van der Waals surface area (Å²) in [4.78, 5) is 29.6. The second-order valence-corrected chi connectivity index (χ2v) is 30.6. The topological polar surface area (TPSA) is 144 Å². The van der Waals surface area contributed by atoms with Crippen molar-refractivity contribution in [1.29, 1.82) is 0 Å². The molecule has 9 aromatic heterocycles. The van der Waals surface area contributed by atoms with Crippen LogP contribution in [0.2, 0.25) is 0 Å². The Kier molecular flexibility index (Phi) is 51.5. The van der Waals surface area contributed by atoms with Crippen molar-refractivity contribution in [2.45, 2.75) is 54.6 Å². The van der Waals surface area contributed by atoms with E-state index in [4.69, 9.17) is 0 Å². The van der Waals surface area contributed by atoms with E-state index in [2.05, 4.69) is 233 Å². The number of aryl methyl sites for hydroxylation is 6. The molecular weight excluding hydrogens is 2570 g/mol. The van der Waals surface area contributed by atoms with Crippen molar-refractivity contribution >= 4 is 26.5 Å². The van der Waals surface area contributed by atoms with Crippen molar-refractivity contribution in [1.82, 2.24) is 55.3 Å². The summed E-state index contributed by atoms with van der Waals surface area (Å²) in [5, 5.41) is 17.4. The normalized spacial score (nSPS) is 9.71. The van der Waals surface area contributed by atoms with Crippen molar-refractivity contribution in [2.24, 2.45) is 0 Å². The number of hydrogen-bond acceptors (Lipinski definition) is 9. The summed E-state index contributed by atoms with van der Waals surface area (Å²) in [6.07, 6.45) is 7.93. The summed E-state index contributed by atoms with van der Waals surface area (Å²) >= 11 is 0. The van der Waals surface area contributed by atoms with Crippen LogP contribution in [0.15, 0.2) is 328 Å². The predicted octanol–water partition coefficient (Wildman–Crippen LogP) is 21.7. The summed E-state index contributed by atoms with van der Waals surface area (Å²) < 4.78 is 36.6. The van der Waals surface area contributed by atoms with E-state index in [1.807, 2.05) is 214 Å². The van der Waals surface area contributed by atoms with Gasteiger partial charge in [-0.15, -0.1) is 179 Å². The molecule has 11 nitrogen and oxygen atoms in total. The first-order chi connectivity index (χ1) is 53.8. The van der Waals surface area contributed by atoms with Crippen LogP contribution >= 0.6 is 15.8 Å². The average molecular weight is 2660 g/mol. The zero-order valence-corrected chi connectivity index (χ0v) is 82.8. The molecule has 0 aliphatic heterocycles. The number of rotatable bonds is 9. The van der Waals surface area contributed by atoms with Crippen LogP contribution in [0.3, 0.4) is 0 Å². The fourth-order valence-electron chi connectivity index (χ4n) is 10.2. The quantitative estimate of drug-likeness (QED) is 0.101. The summed E-state index contributed by atoms with van der Waals surface area (Å²) in [5.74, 6) is 0. The number of nitrogens with zero attached hydrogens (tertiary/aromatic N) is 11. The molecule has 0 spiro atoms. The second kappa shape index (κ2) is 57.6. The zero-order valence-electron chi connectivity index (χ0n) is 66.3. The molecule has 22 heteroatoms. The number of benzene rings is 7. The summed E-state index contributed by atoms with van der Waals surface area (Å²) in [6, 6.07) is 108. The molecule has 9 heterocycles. The van der Waals surface area contributed by atoms with Crippen molar-refractivity contribution < 1.29 is 133 Å². The molecule has 0 unspecified atom stereocenters. The molecule has 5 radical (unpaired) electrons. The van der Waals surface area contributed by atoms with Crippen LogP contribution in [0, 0.1) is 78.8 Å². The Morgan fingerprint density at radius 3 is 1.08 bits per heavy atom. The van der Waals surface area contributed by atoms with Gasteiger partial charge in [0.25, 0.3) is 0 Å². The van der Waals surface area contributed by atoms with Gasteiger partial charge in [-0.3, -0.25) is 9.97 Å². The van der Waals surface area contributed by atoms with Gasteiger partial charge in [0.05, 0.1) is 37.3 Å². The molecule has 0 N–H and O–H groups in total. The van der Waals surface area contributed by atoms with Gasteiger partial charge in [-0.05, 0) is 161 Å². The van der Waals surface area contributed by atoms with Gasteiger partial charge >= 0.3 is 26.0 Å². The summed E-state index contributed by atoms with van der Waals surface area (Å²) in [7, 11) is -0.424. The van der Waals surface area contributed by atoms with Gasteiger partial charge in [0, 0.05) is 177 Å². The van der Waals surface area contributed by atoms with Crippen LogP contribution < -0.4 is 20.8 Å². The van der Waals surface area contributed by atoms with Crippen molar-refractivity contribution in [3.63, 3.8) is 0 Å². The Hall–Kier alpha value is -8.46. The van der Waals surface area contributed by atoms with Crippen LogP contribution in [0.1, 0.15) is 44.8 Å². The van der Waals surface area contributed by atoms with E-state index in [0.29, 0.717) is 5.69 Å². The largest absolute Gasteiger partial charge is 2.00 e. The third-order valence-corrected chi connectivity index (χ3v) is 19.2. The minimum absolute atomic E-state index is 0. The third-order valence-electron chi connectivity index (χ3n) is 16.2. The van der Waals surface area contributed by atoms with Crippen LogP contribution in [0.25, 0.3) is 79.1 Å². The number of pyridine rings is 7. The maximum absolute atomic E-state index is 12.2.